The van der Waals surface area contributed by atoms with E-state index in [1.807, 2.05) is 61.5 Å². The molecule has 3 aromatic rings. The molecule has 168 valence electrons. The first kappa shape index (κ1) is 22.4. The van der Waals surface area contributed by atoms with Crippen molar-refractivity contribution in [3.8, 4) is 5.75 Å². The van der Waals surface area contributed by atoms with Gasteiger partial charge in [-0.05, 0) is 43.0 Å². The maximum absolute atomic E-state index is 13.0. The van der Waals surface area contributed by atoms with Crippen LogP contribution in [0.15, 0.2) is 59.8 Å². The molecule has 1 atom stereocenters. The van der Waals surface area contributed by atoms with Gasteiger partial charge in [-0.2, -0.15) is 0 Å². The summed E-state index contributed by atoms with van der Waals surface area (Å²) in [5.74, 6) is 1.99. The zero-order valence-corrected chi connectivity index (χ0v) is 19.5. The van der Waals surface area contributed by atoms with E-state index >= 15 is 0 Å². The highest BCUT2D eigenvalue weighted by atomic mass is 32.2. The SMILES string of the molecule is COc1ccc(C(NC(=O)CSc2nnc(C)n2C2CCCCC2)c2ccccc2)cc1. The van der Waals surface area contributed by atoms with Gasteiger partial charge in [0.25, 0.3) is 0 Å². The van der Waals surface area contributed by atoms with Crippen LogP contribution in [0.5, 0.6) is 5.75 Å². The number of carbonyl (C=O) groups is 1. The van der Waals surface area contributed by atoms with Crippen molar-refractivity contribution < 1.29 is 9.53 Å². The van der Waals surface area contributed by atoms with Crippen molar-refractivity contribution in [2.24, 2.45) is 0 Å². The van der Waals surface area contributed by atoms with Crippen LogP contribution in [0, 0.1) is 6.92 Å². The van der Waals surface area contributed by atoms with E-state index in [-0.39, 0.29) is 11.9 Å². The predicted molar refractivity (Wildman–Crippen MR) is 127 cm³/mol. The lowest BCUT2D eigenvalue weighted by atomic mass is 9.95. The van der Waals surface area contributed by atoms with Crippen LogP contribution in [-0.2, 0) is 4.79 Å². The molecule has 1 aliphatic rings. The van der Waals surface area contributed by atoms with Gasteiger partial charge in [0.05, 0.1) is 18.9 Å². The van der Waals surface area contributed by atoms with Gasteiger partial charge < -0.3 is 14.6 Å². The van der Waals surface area contributed by atoms with E-state index in [1.165, 1.54) is 31.0 Å². The van der Waals surface area contributed by atoms with Gasteiger partial charge in [0, 0.05) is 6.04 Å². The number of aryl methyl sites for hydroxylation is 1. The number of hydrogen-bond acceptors (Lipinski definition) is 5. The lowest BCUT2D eigenvalue weighted by Crippen LogP contribution is -2.30. The molecule has 0 spiro atoms. The molecule has 1 aromatic heterocycles. The zero-order chi connectivity index (χ0) is 22.3. The molecule has 1 fully saturated rings. The van der Waals surface area contributed by atoms with Crippen molar-refractivity contribution in [2.75, 3.05) is 12.9 Å². The first-order valence-corrected chi connectivity index (χ1v) is 12.2. The van der Waals surface area contributed by atoms with Gasteiger partial charge in [-0.1, -0.05) is 73.5 Å². The van der Waals surface area contributed by atoms with Crippen LogP contribution in [0.4, 0.5) is 0 Å². The minimum Gasteiger partial charge on any atom is -0.497 e. The minimum atomic E-state index is -0.229. The van der Waals surface area contributed by atoms with Crippen LogP contribution in [-0.4, -0.2) is 33.5 Å². The van der Waals surface area contributed by atoms with E-state index in [4.69, 9.17) is 4.74 Å². The molecule has 2 aromatic carbocycles. The number of benzene rings is 2. The Morgan fingerprint density at radius 2 is 1.75 bits per heavy atom. The van der Waals surface area contributed by atoms with E-state index < -0.39 is 0 Å². The van der Waals surface area contributed by atoms with Crippen LogP contribution < -0.4 is 10.1 Å². The van der Waals surface area contributed by atoms with Crippen LogP contribution >= 0.6 is 11.8 Å². The third-order valence-electron chi connectivity index (χ3n) is 5.99. The summed E-state index contributed by atoms with van der Waals surface area (Å²) in [5.41, 5.74) is 2.05. The fourth-order valence-corrected chi connectivity index (χ4v) is 5.20. The molecule has 6 nitrogen and oxygen atoms in total. The lowest BCUT2D eigenvalue weighted by molar-refractivity contribution is -0.119. The monoisotopic (exact) mass is 450 g/mol. The maximum Gasteiger partial charge on any atom is 0.231 e. The molecule has 32 heavy (non-hydrogen) atoms. The fraction of sp³-hybridized carbons (Fsp3) is 0.400. The number of nitrogens with one attached hydrogen (secondary N) is 1. The third kappa shape index (κ3) is 5.33. The molecule has 1 saturated carbocycles. The predicted octanol–water partition coefficient (Wildman–Crippen LogP) is 5.10. The first-order chi connectivity index (χ1) is 15.7. The van der Waals surface area contributed by atoms with Gasteiger partial charge in [-0.25, -0.2) is 0 Å². The second-order valence-electron chi connectivity index (χ2n) is 8.16. The van der Waals surface area contributed by atoms with E-state index in [9.17, 15) is 4.79 Å². The molecule has 0 saturated heterocycles. The standard InChI is InChI=1S/C25H30N4O2S/c1-18-27-28-25(29(18)21-11-7-4-8-12-21)32-17-23(30)26-24(19-9-5-3-6-10-19)20-13-15-22(31-2)16-14-20/h3,5-6,9-10,13-16,21,24H,4,7-8,11-12,17H2,1-2H3,(H,26,30). The molecule has 7 heteroatoms. The number of nitrogens with zero attached hydrogens (tertiary/aromatic N) is 3. The maximum atomic E-state index is 13.0. The van der Waals surface area contributed by atoms with Crippen LogP contribution in [0.2, 0.25) is 0 Å². The Labute approximate surface area is 193 Å². The Morgan fingerprint density at radius 1 is 1.06 bits per heavy atom. The lowest BCUT2D eigenvalue weighted by Gasteiger charge is -2.25. The zero-order valence-electron chi connectivity index (χ0n) is 18.7. The summed E-state index contributed by atoms with van der Waals surface area (Å²) in [6.45, 7) is 2.00. The Morgan fingerprint density at radius 3 is 2.44 bits per heavy atom. The molecule has 1 heterocycles. The second-order valence-corrected chi connectivity index (χ2v) is 9.11. The van der Waals surface area contributed by atoms with Crippen molar-refractivity contribution in [1.82, 2.24) is 20.1 Å². The smallest absolute Gasteiger partial charge is 0.231 e. The molecule has 4 rings (SSSR count). The van der Waals surface area contributed by atoms with Crippen molar-refractivity contribution in [2.45, 2.75) is 56.3 Å². The van der Waals surface area contributed by atoms with Crippen LogP contribution in [0.1, 0.15) is 61.1 Å². The summed E-state index contributed by atoms with van der Waals surface area (Å²) in [4.78, 5) is 13.0. The average molecular weight is 451 g/mol. The number of methoxy groups -OCH3 is 1. The van der Waals surface area contributed by atoms with E-state index in [0.29, 0.717) is 11.8 Å². The van der Waals surface area contributed by atoms with E-state index in [2.05, 4.69) is 20.1 Å². The number of thioether (sulfide) groups is 1. The number of carbonyl (C=O) groups excluding carboxylic acids is 1. The quantitative estimate of drug-likeness (QED) is 0.484. The highest BCUT2D eigenvalue weighted by Crippen LogP contribution is 2.32. The van der Waals surface area contributed by atoms with Crippen LogP contribution in [0.3, 0.4) is 0 Å². The first-order valence-electron chi connectivity index (χ1n) is 11.2. The number of rotatable bonds is 8. The van der Waals surface area contributed by atoms with Crippen LogP contribution in [0.25, 0.3) is 0 Å². The number of amides is 1. The van der Waals surface area contributed by atoms with Crippen molar-refractivity contribution >= 4 is 17.7 Å². The molecule has 1 aliphatic carbocycles. The number of ether oxygens (including phenoxy) is 1. The van der Waals surface area contributed by atoms with Crippen molar-refractivity contribution in [1.29, 1.82) is 0 Å². The average Bonchev–Trinajstić information content (AvgIpc) is 3.22. The fourth-order valence-electron chi connectivity index (χ4n) is 4.34. The summed E-state index contributed by atoms with van der Waals surface area (Å²) in [6.07, 6.45) is 6.11. The molecule has 0 aliphatic heterocycles. The van der Waals surface area contributed by atoms with Gasteiger partial charge in [0.1, 0.15) is 11.6 Å². The third-order valence-corrected chi connectivity index (χ3v) is 6.94. The molecule has 1 unspecified atom stereocenters. The van der Waals surface area contributed by atoms with E-state index in [1.54, 1.807) is 7.11 Å². The summed E-state index contributed by atoms with van der Waals surface area (Å²) < 4.78 is 7.51. The Kier molecular flexibility index (Phi) is 7.47. The highest BCUT2D eigenvalue weighted by Gasteiger charge is 2.23. The summed E-state index contributed by atoms with van der Waals surface area (Å²) in [6, 6.07) is 18.1. The molecular formula is C25H30N4O2S. The van der Waals surface area contributed by atoms with Crippen molar-refractivity contribution in [3.63, 3.8) is 0 Å². The summed E-state index contributed by atoms with van der Waals surface area (Å²) in [5, 5.41) is 12.7. The molecular weight excluding hydrogens is 420 g/mol. The van der Waals surface area contributed by atoms with Gasteiger partial charge in [0.2, 0.25) is 5.91 Å². The molecule has 1 N–H and O–H groups in total. The molecule has 0 bridgehead atoms. The van der Waals surface area contributed by atoms with Crippen molar-refractivity contribution in [3.05, 3.63) is 71.5 Å². The second kappa shape index (κ2) is 10.7. The van der Waals surface area contributed by atoms with Gasteiger partial charge in [-0.3, -0.25) is 4.79 Å². The summed E-state index contributed by atoms with van der Waals surface area (Å²) >= 11 is 1.47. The van der Waals surface area contributed by atoms with E-state index in [0.717, 1.165) is 40.7 Å². The highest BCUT2D eigenvalue weighted by molar-refractivity contribution is 7.99. The Balaban J connectivity index is 1.46. The normalized spacial score (nSPS) is 15.3. The van der Waals surface area contributed by atoms with Gasteiger partial charge in [-0.15, -0.1) is 10.2 Å². The Bertz CT molecular complexity index is 1010. The molecule has 0 radical (unpaired) electrons. The minimum absolute atomic E-state index is 0.0319. The topological polar surface area (TPSA) is 69.0 Å². The number of hydrogen-bond donors (Lipinski definition) is 1. The Hall–Kier alpha value is -2.80. The summed E-state index contributed by atoms with van der Waals surface area (Å²) in [7, 11) is 1.65. The van der Waals surface area contributed by atoms with Gasteiger partial charge >= 0.3 is 0 Å². The van der Waals surface area contributed by atoms with Gasteiger partial charge in [0.15, 0.2) is 5.16 Å². The largest absolute Gasteiger partial charge is 0.497 e. The molecule has 1 amide bonds. The number of aromatic nitrogens is 3.